The summed E-state index contributed by atoms with van der Waals surface area (Å²) in [7, 11) is 0. The van der Waals surface area contributed by atoms with Gasteiger partial charge in [-0.15, -0.1) is 0 Å². The minimum Gasteiger partial charge on any atom is -0.504 e. The lowest BCUT2D eigenvalue weighted by Gasteiger charge is -2.17. The Bertz CT molecular complexity index is 843. The van der Waals surface area contributed by atoms with E-state index in [1.165, 1.54) is 24.3 Å². The molecule has 124 valence electrons. The van der Waals surface area contributed by atoms with Gasteiger partial charge in [0.25, 0.3) is 0 Å². The molecule has 3 rings (SSSR count). The van der Waals surface area contributed by atoms with E-state index in [9.17, 15) is 25.1 Å². The quantitative estimate of drug-likeness (QED) is 0.504. The Morgan fingerprint density at radius 3 is 2.79 bits per heavy atom. The number of hydrogen-bond acceptors (Lipinski definition) is 7. The van der Waals surface area contributed by atoms with Gasteiger partial charge < -0.3 is 14.6 Å². The molecule has 1 aliphatic heterocycles. The van der Waals surface area contributed by atoms with Crippen LogP contribution in [0.25, 0.3) is 0 Å². The fraction of sp³-hybridized carbons (Fsp3) is 0.200. The molecule has 1 atom stereocenters. The van der Waals surface area contributed by atoms with E-state index in [1.807, 2.05) is 0 Å². The molecule has 9 heteroatoms. The van der Waals surface area contributed by atoms with Crippen molar-refractivity contribution in [2.45, 2.75) is 19.4 Å². The predicted molar refractivity (Wildman–Crippen MR) is 81.5 cm³/mol. The van der Waals surface area contributed by atoms with E-state index < -0.39 is 28.2 Å². The number of hydrogen-bond donors (Lipinski definition) is 2. The van der Waals surface area contributed by atoms with E-state index in [-0.39, 0.29) is 17.9 Å². The van der Waals surface area contributed by atoms with E-state index >= 15 is 0 Å². The first-order valence-corrected chi connectivity index (χ1v) is 7.00. The lowest BCUT2D eigenvalue weighted by Crippen LogP contribution is -2.23. The Hall–Kier alpha value is -3.36. The highest BCUT2D eigenvalue weighted by atomic mass is 16.6. The number of aromatic hydroxyl groups is 2. The zero-order valence-electron chi connectivity index (χ0n) is 12.5. The lowest BCUT2D eigenvalue weighted by molar-refractivity contribution is -0.386. The van der Waals surface area contributed by atoms with Crippen molar-refractivity contribution in [3.8, 4) is 11.5 Å². The van der Waals surface area contributed by atoms with Crippen LogP contribution in [0.4, 0.5) is 5.69 Å². The van der Waals surface area contributed by atoms with Crippen LogP contribution in [0.2, 0.25) is 0 Å². The smallest absolute Gasteiger partial charge is 0.315 e. The van der Waals surface area contributed by atoms with Gasteiger partial charge in [0.1, 0.15) is 11.8 Å². The summed E-state index contributed by atoms with van der Waals surface area (Å²) in [6, 6.07) is 5.20. The predicted octanol–water partition coefficient (Wildman–Crippen LogP) is 2.30. The summed E-state index contributed by atoms with van der Waals surface area (Å²) in [4.78, 5) is 22.0. The van der Waals surface area contributed by atoms with Crippen molar-refractivity contribution in [2.24, 2.45) is 5.10 Å². The summed E-state index contributed by atoms with van der Waals surface area (Å²) in [5.74, 6) is -1.23. The molecule has 0 radical (unpaired) electrons. The van der Waals surface area contributed by atoms with Crippen LogP contribution in [0.1, 0.15) is 30.7 Å². The van der Waals surface area contributed by atoms with Crippen molar-refractivity contribution < 1.29 is 24.3 Å². The van der Waals surface area contributed by atoms with Gasteiger partial charge in [0, 0.05) is 25.0 Å². The van der Waals surface area contributed by atoms with Crippen molar-refractivity contribution in [1.29, 1.82) is 0 Å². The Kier molecular flexibility index (Phi) is 3.68. The molecule has 2 aromatic rings. The molecule has 2 N–H and O–H groups in total. The number of phenolic OH excluding ortho intramolecular Hbond substituents is 2. The third kappa shape index (κ3) is 2.56. The molecule has 0 saturated carbocycles. The zero-order valence-corrected chi connectivity index (χ0v) is 12.5. The van der Waals surface area contributed by atoms with Crippen molar-refractivity contribution in [3.05, 3.63) is 52.0 Å². The first-order valence-electron chi connectivity index (χ1n) is 7.00. The molecule has 0 spiro atoms. The van der Waals surface area contributed by atoms with Crippen LogP contribution in [-0.2, 0) is 4.79 Å². The Labute approximate surface area is 135 Å². The molecule has 1 unspecified atom stereocenters. The molecular weight excluding hydrogens is 318 g/mol. The summed E-state index contributed by atoms with van der Waals surface area (Å²) in [5.41, 5.74) is -0.0224. The highest BCUT2D eigenvalue weighted by Gasteiger charge is 2.34. The SMILES string of the molecule is CC(=O)N1N=C(c2cc(O)c(O)c([N+](=O)[O-])c2)CC1c1ccco1. The molecule has 0 aliphatic carbocycles. The molecule has 9 nitrogen and oxygen atoms in total. The Morgan fingerprint density at radius 1 is 1.46 bits per heavy atom. The number of carbonyl (C=O) groups excluding carboxylic acids is 1. The second kappa shape index (κ2) is 5.69. The highest BCUT2D eigenvalue weighted by molar-refractivity contribution is 6.04. The van der Waals surface area contributed by atoms with Gasteiger partial charge >= 0.3 is 5.69 Å². The molecule has 24 heavy (non-hydrogen) atoms. The van der Waals surface area contributed by atoms with E-state index in [0.717, 1.165) is 6.07 Å². The summed E-state index contributed by atoms with van der Waals surface area (Å²) in [5, 5.41) is 35.7. The average Bonchev–Trinajstić information content (AvgIpc) is 3.17. The number of nitro groups is 1. The third-order valence-corrected chi connectivity index (χ3v) is 3.70. The number of hydrazone groups is 1. The van der Waals surface area contributed by atoms with Crippen LogP contribution in [-0.4, -0.2) is 31.8 Å². The van der Waals surface area contributed by atoms with Crippen LogP contribution in [0, 0.1) is 10.1 Å². The standard InChI is InChI=1S/C15H13N3O6/c1-8(19)17-11(14-3-2-4-24-14)7-10(16-17)9-5-12(18(22)23)15(21)13(20)6-9/h2-6,11,20-21H,7H2,1H3. The summed E-state index contributed by atoms with van der Waals surface area (Å²) in [6.07, 6.45) is 1.73. The van der Waals surface area contributed by atoms with Gasteiger partial charge in [-0.05, 0) is 18.2 Å². The van der Waals surface area contributed by atoms with E-state index in [0.29, 0.717) is 11.5 Å². The molecular formula is C15H13N3O6. The second-order valence-corrected chi connectivity index (χ2v) is 5.27. The van der Waals surface area contributed by atoms with Gasteiger partial charge in [-0.1, -0.05) is 0 Å². The number of rotatable bonds is 3. The Morgan fingerprint density at radius 2 is 2.21 bits per heavy atom. The van der Waals surface area contributed by atoms with E-state index in [2.05, 4.69) is 5.10 Å². The largest absolute Gasteiger partial charge is 0.504 e. The summed E-state index contributed by atoms with van der Waals surface area (Å²) in [6.45, 7) is 1.35. The highest BCUT2D eigenvalue weighted by Crippen LogP contribution is 2.39. The van der Waals surface area contributed by atoms with Crippen molar-refractivity contribution in [3.63, 3.8) is 0 Å². The van der Waals surface area contributed by atoms with Gasteiger partial charge in [-0.2, -0.15) is 5.10 Å². The third-order valence-electron chi connectivity index (χ3n) is 3.70. The maximum atomic E-state index is 11.8. The van der Waals surface area contributed by atoms with Gasteiger partial charge in [0.2, 0.25) is 11.7 Å². The molecule has 1 aliphatic rings. The van der Waals surface area contributed by atoms with Crippen LogP contribution in [0.15, 0.2) is 40.0 Å². The molecule has 1 aromatic carbocycles. The average molecular weight is 331 g/mol. The maximum absolute atomic E-state index is 11.8. The normalized spacial score (nSPS) is 17.0. The van der Waals surface area contributed by atoms with Gasteiger partial charge in [-0.3, -0.25) is 14.9 Å². The topological polar surface area (TPSA) is 129 Å². The number of nitrogens with zero attached hydrogens (tertiary/aromatic N) is 3. The molecule has 0 saturated heterocycles. The summed E-state index contributed by atoms with van der Waals surface area (Å²) < 4.78 is 5.32. The first kappa shape index (κ1) is 15.5. The molecule has 0 bridgehead atoms. The van der Waals surface area contributed by atoms with Crippen molar-refractivity contribution in [1.82, 2.24) is 5.01 Å². The van der Waals surface area contributed by atoms with Crippen LogP contribution >= 0.6 is 0 Å². The van der Waals surface area contributed by atoms with Crippen LogP contribution in [0.3, 0.4) is 0 Å². The zero-order chi connectivity index (χ0) is 17.4. The van der Waals surface area contributed by atoms with Crippen LogP contribution in [0.5, 0.6) is 11.5 Å². The lowest BCUT2D eigenvalue weighted by atomic mass is 10.0. The number of nitro benzene ring substituents is 1. The minimum atomic E-state index is -0.812. The molecule has 1 aromatic heterocycles. The number of carbonyl (C=O) groups is 1. The fourth-order valence-electron chi connectivity index (χ4n) is 2.59. The van der Waals surface area contributed by atoms with Crippen molar-refractivity contribution in [2.75, 3.05) is 0 Å². The molecule has 1 amide bonds. The van der Waals surface area contributed by atoms with Crippen LogP contribution < -0.4 is 0 Å². The van der Waals surface area contributed by atoms with Gasteiger partial charge in [0.15, 0.2) is 5.75 Å². The first-order chi connectivity index (χ1) is 11.4. The summed E-state index contributed by atoms with van der Waals surface area (Å²) >= 11 is 0. The van der Waals surface area contributed by atoms with Crippen molar-refractivity contribution >= 4 is 17.3 Å². The second-order valence-electron chi connectivity index (χ2n) is 5.27. The number of benzene rings is 1. The van der Waals surface area contributed by atoms with Gasteiger partial charge in [0.05, 0.1) is 16.9 Å². The molecule has 2 heterocycles. The van der Waals surface area contributed by atoms with E-state index in [1.54, 1.807) is 12.1 Å². The number of phenols is 2. The maximum Gasteiger partial charge on any atom is 0.315 e. The minimum absolute atomic E-state index is 0.248. The van der Waals surface area contributed by atoms with E-state index in [4.69, 9.17) is 4.42 Å². The number of amides is 1. The molecule has 0 fully saturated rings. The monoisotopic (exact) mass is 331 g/mol. The van der Waals surface area contributed by atoms with Gasteiger partial charge in [-0.25, -0.2) is 5.01 Å². The number of furan rings is 1. The Balaban J connectivity index is 2.03. The fourth-order valence-corrected chi connectivity index (χ4v) is 2.59.